The zero-order chi connectivity index (χ0) is 9.84. The monoisotopic (exact) mass is 182 g/mol. The van der Waals surface area contributed by atoms with Crippen LogP contribution >= 0.6 is 0 Å². The number of rotatable bonds is 3. The first-order chi connectivity index (χ1) is 6.19. The van der Waals surface area contributed by atoms with E-state index in [-0.39, 0.29) is 12.6 Å². The molecule has 5 N–H and O–H groups in total. The standard InChI is InChI=1S/C9H14N2O2/c1-13-9-3-2-6(4-7(9)10)8(11)5-12/h2-4,8,12H,5,10-11H2,1H3/t8-/m0/s1. The molecule has 1 aromatic carbocycles. The summed E-state index contributed by atoms with van der Waals surface area (Å²) >= 11 is 0. The van der Waals surface area contributed by atoms with Crippen LogP contribution in [-0.4, -0.2) is 18.8 Å². The van der Waals surface area contributed by atoms with E-state index in [2.05, 4.69) is 0 Å². The molecule has 0 radical (unpaired) electrons. The summed E-state index contributed by atoms with van der Waals surface area (Å²) in [5, 5.41) is 8.81. The Kier molecular flexibility index (Phi) is 3.11. The molecule has 0 saturated carbocycles. The maximum absolute atomic E-state index is 8.81. The smallest absolute Gasteiger partial charge is 0.141 e. The first-order valence-corrected chi connectivity index (χ1v) is 3.99. The molecule has 1 rings (SSSR count). The normalized spacial score (nSPS) is 12.5. The van der Waals surface area contributed by atoms with Gasteiger partial charge in [-0.25, -0.2) is 0 Å². The maximum atomic E-state index is 8.81. The predicted octanol–water partition coefficient (Wildman–Crippen LogP) is 0.269. The lowest BCUT2D eigenvalue weighted by atomic mass is 10.1. The number of ether oxygens (including phenoxy) is 1. The van der Waals surface area contributed by atoms with E-state index in [0.29, 0.717) is 11.4 Å². The number of benzene rings is 1. The summed E-state index contributed by atoms with van der Waals surface area (Å²) in [4.78, 5) is 0. The molecule has 0 aliphatic carbocycles. The van der Waals surface area contributed by atoms with Gasteiger partial charge in [-0.05, 0) is 17.7 Å². The molecule has 0 aliphatic rings. The van der Waals surface area contributed by atoms with E-state index >= 15 is 0 Å². The molecule has 0 spiro atoms. The second kappa shape index (κ2) is 4.11. The van der Waals surface area contributed by atoms with Gasteiger partial charge in [0.2, 0.25) is 0 Å². The van der Waals surface area contributed by atoms with Gasteiger partial charge in [0.05, 0.1) is 25.4 Å². The molecule has 4 heteroatoms. The van der Waals surface area contributed by atoms with Crippen molar-refractivity contribution in [2.45, 2.75) is 6.04 Å². The van der Waals surface area contributed by atoms with Gasteiger partial charge in [0, 0.05) is 0 Å². The summed E-state index contributed by atoms with van der Waals surface area (Å²) in [7, 11) is 1.55. The fourth-order valence-corrected chi connectivity index (χ4v) is 1.09. The second-order valence-corrected chi connectivity index (χ2v) is 2.79. The molecule has 0 amide bonds. The van der Waals surface area contributed by atoms with Gasteiger partial charge in [-0.2, -0.15) is 0 Å². The number of nitrogen functional groups attached to an aromatic ring is 1. The second-order valence-electron chi connectivity index (χ2n) is 2.79. The lowest BCUT2D eigenvalue weighted by molar-refractivity contribution is 0.268. The van der Waals surface area contributed by atoms with Crippen molar-refractivity contribution >= 4 is 5.69 Å². The van der Waals surface area contributed by atoms with Gasteiger partial charge in [-0.15, -0.1) is 0 Å². The van der Waals surface area contributed by atoms with Crippen molar-refractivity contribution in [1.82, 2.24) is 0 Å². The summed E-state index contributed by atoms with van der Waals surface area (Å²) in [6, 6.07) is 4.85. The van der Waals surface area contributed by atoms with Crippen molar-refractivity contribution in [3.8, 4) is 5.75 Å². The van der Waals surface area contributed by atoms with Crippen molar-refractivity contribution in [1.29, 1.82) is 0 Å². The fraction of sp³-hybridized carbons (Fsp3) is 0.333. The number of hydrogen-bond acceptors (Lipinski definition) is 4. The number of aliphatic hydroxyl groups is 1. The molecule has 13 heavy (non-hydrogen) atoms. The van der Waals surface area contributed by atoms with E-state index in [1.807, 2.05) is 0 Å². The maximum Gasteiger partial charge on any atom is 0.141 e. The molecule has 72 valence electrons. The topological polar surface area (TPSA) is 81.5 Å². The van der Waals surface area contributed by atoms with Crippen LogP contribution in [0.2, 0.25) is 0 Å². The van der Waals surface area contributed by atoms with Gasteiger partial charge in [-0.3, -0.25) is 0 Å². The van der Waals surface area contributed by atoms with E-state index in [0.717, 1.165) is 5.56 Å². The van der Waals surface area contributed by atoms with Crippen molar-refractivity contribution in [2.75, 3.05) is 19.5 Å². The molecule has 1 atom stereocenters. The average Bonchev–Trinajstić information content (AvgIpc) is 2.16. The molecule has 0 heterocycles. The zero-order valence-electron chi connectivity index (χ0n) is 7.53. The van der Waals surface area contributed by atoms with Crippen molar-refractivity contribution < 1.29 is 9.84 Å². The third-order valence-electron chi connectivity index (χ3n) is 1.88. The van der Waals surface area contributed by atoms with Crippen LogP contribution in [0.4, 0.5) is 5.69 Å². The highest BCUT2D eigenvalue weighted by Gasteiger charge is 2.06. The van der Waals surface area contributed by atoms with Crippen LogP contribution < -0.4 is 16.2 Å². The van der Waals surface area contributed by atoms with Crippen molar-refractivity contribution in [3.05, 3.63) is 23.8 Å². The summed E-state index contributed by atoms with van der Waals surface area (Å²) in [6.45, 7) is -0.0915. The van der Waals surface area contributed by atoms with Gasteiger partial charge in [0.25, 0.3) is 0 Å². The number of anilines is 1. The molecular weight excluding hydrogens is 168 g/mol. The van der Waals surface area contributed by atoms with Gasteiger partial charge in [0.1, 0.15) is 5.75 Å². The summed E-state index contributed by atoms with van der Waals surface area (Å²) in [6.07, 6.45) is 0. The summed E-state index contributed by atoms with van der Waals surface area (Å²) < 4.78 is 4.99. The third kappa shape index (κ3) is 2.11. The molecule has 0 saturated heterocycles. The number of aliphatic hydroxyl groups excluding tert-OH is 1. The molecule has 0 bridgehead atoms. The lowest BCUT2D eigenvalue weighted by Gasteiger charge is -2.11. The predicted molar refractivity (Wildman–Crippen MR) is 51.4 cm³/mol. The van der Waals surface area contributed by atoms with E-state index in [9.17, 15) is 0 Å². The van der Waals surface area contributed by atoms with Crippen LogP contribution in [0, 0.1) is 0 Å². The Bertz CT molecular complexity index is 289. The van der Waals surface area contributed by atoms with E-state index < -0.39 is 0 Å². The fourth-order valence-electron chi connectivity index (χ4n) is 1.09. The summed E-state index contributed by atoms with van der Waals surface area (Å²) in [5.74, 6) is 0.619. The molecule has 0 aliphatic heterocycles. The highest BCUT2D eigenvalue weighted by molar-refractivity contribution is 5.54. The van der Waals surface area contributed by atoms with E-state index in [4.69, 9.17) is 21.3 Å². The largest absolute Gasteiger partial charge is 0.495 e. The molecule has 0 fully saturated rings. The lowest BCUT2D eigenvalue weighted by Crippen LogP contribution is -2.14. The Morgan fingerprint density at radius 3 is 2.69 bits per heavy atom. The van der Waals surface area contributed by atoms with Crippen LogP contribution in [-0.2, 0) is 0 Å². The number of methoxy groups -OCH3 is 1. The van der Waals surface area contributed by atoms with Crippen LogP contribution in [0.15, 0.2) is 18.2 Å². The Balaban J connectivity index is 2.95. The third-order valence-corrected chi connectivity index (χ3v) is 1.88. The molecule has 0 aromatic heterocycles. The van der Waals surface area contributed by atoms with Gasteiger partial charge in [-0.1, -0.05) is 6.07 Å². The van der Waals surface area contributed by atoms with E-state index in [1.54, 1.807) is 25.3 Å². The van der Waals surface area contributed by atoms with Crippen LogP contribution in [0.25, 0.3) is 0 Å². The van der Waals surface area contributed by atoms with Crippen LogP contribution in [0.3, 0.4) is 0 Å². The van der Waals surface area contributed by atoms with Gasteiger partial charge >= 0.3 is 0 Å². The Morgan fingerprint density at radius 2 is 2.23 bits per heavy atom. The number of nitrogens with two attached hydrogens (primary N) is 2. The Labute approximate surface area is 77.1 Å². The molecule has 0 unspecified atom stereocenters. The van der Waals surface area contributed by atoms with E-state index in [1.165, 1.54) is 0 Å². The summed E-state index contributed by atoms with van der Waals surface area (Å²) in [5.41, 5.74) is 12.6. The highest BCUT2D eigenvalue weighted by Crippen LogP contribution is 2.24. The van der Waals surface area contributed by atoms with Crippen LogP contribution in [0.1, 0.15) is 11.6 Å². The van der Waals surface area contributed by atoms with Gasteiger partial charge < -0.3 is 21.3 Å². The van der Waals surface area contributed by atoms with Crippen molar-refractivity contribution in [3.63, 3.8) is 0 Å². The molecular formula is C9H14N2O2. The van der Waals surface area contributed by atoms with Crippen molar-refractivity contribution in [2.24, 2.45) is 5.73 Å². The van der Waals surface area contributed by atoms with Crippen LogP contribution in [0.5, 0.6) is 5.75 Å². The van der Waals surface area contributed by atoms with Gasteiger partial charge in [0.15, 0.2) is 0 Å². The average molecular weight is 182 g/mol. The molecule has 4 nitrogen and oxygen atoms in total. The zero-order valence-corrected chi connectivity index (χ0v) is 7.53. The highest BCUT2D eigenvalue weighted by atomic mass is 16.5. The minimum Gasteiger partial charge on any atom is -0.495 e. The quantitative estimate of drug-likeness (QED) is 0.586. The Hall–Kier alpha value is -1.26. The minimum atomic E-state index is -0.381. The SMILES string of the molecule is COc1ccc([C@@H](N)CO)cc1N. The first-order valence-electron chi connectivity index (χ1n) is 3.99. The number of hydrogen-bond donors (Lipinski definition) is 3. The first kappa shape index (κ1) is 9.83. The Morgan fingerprint density at radius 1 is 1.54 bits per heavy atom. The molecule has 1 aromatic rings. The minimum absolute atomic E-state index is 0.0915.